The highest BCUT2D eigenvalue weighted by molar-refractivity contribution is 5.07. The van der Waals surface area contributed by atoms with Gasteiger partial charge in [0, 0.05) is 17.9 Å². The molecule has 0 bridgehead atoms. The molecule has 0 radical (unpaired) electrons. The van der Waals surface area contributed by atoms with Gasteiger partial charge in [-0.15, -0.1) is 0 Å². The first-order chi connectivity index (χ1) is 7.89. The second kappa shape index (κ2) is 3.69. The molecule has 0 saturated carbocycles. The molecule has 2 aromatic heterocycles. The Kier molecular flexibility index (Phi) is 2.45. The summed E-state index contributed by atoms with van der Waals surface area (Å²) in [5, 5.41) is 0. The van der Waals surface area contributed by atoms with Crippen molar-refractivity contribution in [2.75, 3.05) is 0 Å². The highest BCUT2D eigenvalue weighted by Crippen LogP contribution is 2.06. The molecule has 0 aromatic carbocycles. The molecule has 0 saturated heterocycles. The minimum atomic E-state index is -0.606. The van der Waals surface area contributed by atoms with E-state index in [2.05, 4.69) is 15.0 Å². The predicted octanol–water partition coefficient (Wildman–Crippen LogP) is -0.128. The van der Waals surface area contributed by atoms with Crippen molar-refractivity contribution in [3.05, 3.63) is 39.7 Å². The fourth-order valence-corrected chi connectivity index (χ4v) is 1.51. The molecule has 0 amide bonds. The summed E-state index contributed by atoms with van der Waals surface area (Å²) in [5.74, 6) is 0.165. The average molecular weight is 235 g/mol. The molecule has 0 aliphatic carbocycles. The van der Waals surface area contributed by atoms with Crippen molar-refractivity contribution in [3.8, 4) is 5.95 Å². The lowest BCUT2D eigenvalue weighted by Crippen LogP contribution is -2.46. The SMILES string of the molecule is CC(C)(C)n1c(=O)nc(-n2ccnc2)[nH]c1=O. The van der Waals surface area contributed by atoms with Crippen LogP contribution in [0.25, 0.3) is 5.95 Å². The number of H-pyrrole nitrogens is 1. The molecule has 7 heteroatoms. The smallest absolute Gasteiger partial charge is 0.277 e. The summed E-state index contributed by atoms with van der Waals surface area (Å²) in [6.07, 6.45) is 4.59. The van der Waals surface area contributed by atoms with E-state index in [4.69, 9.17) is 0 Å². The lowest BCUT2D eigenvalue weighted by molar-refractivity contribution is 0.358. The Hall–Kier alpha value is -2.18. The Morgan fingerprint density at radius 2 is 2.00 bits per heavy atom. The molecule has 1 N–H and O–H groups in total. The predicted molar refractivity (Wildman–Crippen MR) is 61.2 cm³/mol. The van der Waals surface area contributed by atoms with Crippen LogP contribution in [-0.4, -0.2) is 24.1 Å². The van der Waals surface area contributed by atoms with Crippen molar-refractivity contribution >= 4 is 0 Å². The van der Waals surface area contributed by atoms with E-state index < -0.39 is 16.9 Å². The Bertz CT molecular complexity index is 599. The summed E-state index contributed by atoms with van der Waals surface area (Å²) in [6, 6.07) is 0. The summed E-state index contributed by atoms with van der Waals surface area (Å²) in [7, 11) is 0. The second-order valence-corrected chi connectivity index (χ2v) is 4.62. The van der Waals surface area contributed by atoms with Crippen LogP contribution in [0.15, 0.2) is 28.3 Å². The van der Waals surface area contributed by atoms with Gasteiger partial charge in [0.15, 0.2) is 0 Å². The molecule has 0 fully saturated rings. The van der Waals surface area contributed by atoms with Crippen LogP contribution in [0.5, 0.6) is 0 Å². The Balaban J connectivity index is 2.66. The number of rotatable bonds is 1. The standard InChI is InChI=1S/C10H13N5O2/c1-10(2,3)15-8(16)12-7(13-9(15)17)14-5-4-11-6-14/h4-6H,1-3H3,(H,12,13,16,17). The van der Waals surface area contributed by atoms with Gasteiger partial charge in [0.25, 0.3) is 0 Å². The molecule has 90 valence electrons. The zero-order valence-corrected chi connectivity index (χ0v) is 9.84. The van der Waals surface area contributed by atoms with Gasteiger partial charge in [-0.3, -0.25) is 9.55 Å². The van der Waals surface area contributed by atoms with E-state index in [0.29, 0.717) is 0 Å². The van der Waals surface area contributed by atoms with Crippen LogP contribution in [-0.2, 0) is 5.54 Å². The number of hydrogen-bond acceptors (Lipinski definition) is 4. The fourth-order valence-electron chi connectivity index (χ4n) is 1.51. The van der Waals surface area contributed by atoms with Gasteiger partial charge in [-0.1, -0.05) is 0 Å². The number of hydrogen-bond donors (Lipinski definition) is 1. The summed E-state index contributed by atoms with van der Waals surface area (Å²) in [6.45, 7) is 5.30. The number of imidazole rings is 1. The Labute approximate surface area is 96.8 Å². The summed E-state index contributed by atoms with van der Waals surface area (Å²) in [4.78, 5) is 33.8. The van der Waals surface area contributed by atoms with Crippen LogP contribution >= 0.6 is 0 Å². The van der Waals surface area contributed by atoms with Crippen LogP contribution in [0.4, 0.5) is 0 Å². The van der Waals surface area contributed by atoms with Crippen molar-refractivity contribution < 1.29 is 0 Å². The van der Waals surface area contributed by atoms with Crippen molar-refractivity contribution in [2.24, 2.45) is 0 Å². The minimum Gasteiger partial charge on any atom is -0.277 e. The first kappa shape index (κ1) is 11.3. The zero-order chi connectivity index (χ0) is 12.6. The van der Waals surface area contributed by atoms with Crippen LogP contribution in [0.2, 0.25) is 0 Å². The third kappa shape index (κ3) is 2.03. The molecule has 0 aliphatic heterocycles. The van der Waals surface area contributed by atoms with E-state index in [0.717, 1.165) is 4.57 Å². The Morgan fingerprint density at radius 1 is 1.29 bits per heavy atom. The highest BCUT2D eigenvalue weighted by atomic mass is 16.2. The number of aromatic nitrogens is 5. The van der Waals surface area contributed by atoms with Crippen molar-refractivity contribution in [3.63, 3.8) is 0 Å². The minimum absolute atomic E-state index is 0.165. The molecule has 7 nitrogen and oxygen atoms in total. The molecule has 0 unspecified atom stereocenters. The quantitative estimate of drug-likeness (QED) is 0.746. The largest absolute Gasteiger partial charge is 0.355 e. The normalized spacial score (nSPS) is 11.7. The van der Waals surface area contributed by atoms with Crippen LogP contribution in [0.1, 0.15) is 20.8 Å². The van der Waals surface area contributed by atoms with Gasteiger partial charge in [-0.2, -0.15) is 4.98 Å². The number of nitrogens with one attached hydrogen (secondary N) is 1. The first-order valence-electron chi connectivity index (χ1n) is 5.12. The van der Waals surface area contributed by atoms with Gasteiger partial charge in [0.1, 0.15) is 6.33 Å². The van der Waals surface area contributed by atoms with Crippen molar-refractivity contribution in [1.82, 2.24) is 24.1 Å². The molecular weight excluding hydrogens is 222 g/mol. The van der Waals surface area contributed by atoms with Crippen molar-refractivity contribution in [2.45, 2.75) is 26.3 Å². The zero-order valence-electron chi connectivity index (χ0n) is 9.84. The molecule has 0 aliphatic rings. The van der Waals surface area contributed by atoms with Crippen LogP contribution in [0.3, 0.4) is 0 Å². The second-order valence-electron chi connectivity index (χ2n) is 4.62. The van der Waals surface area contributed by atoms with Gasteiger partial charge in [-0.25, -0.2) is 19.1 Å². The van der Waals surface area contributed by atoms with E-state index in [9.17, 15) is 9.59 Å². The fraction of sp³-hybridized carbons (Fsp3) is 0.400. The molecule has 2 aromatic rings. The maximum absolute atomic E-state index is 11.8. The summed E-state index contributed by atoms with van der Waals surface area (Å²) >= 11 is 0. The third-order valence-corrected chi connectivity index (χ3v) is 2.23. The summed E-state index contributed by atoms with van der Waals surface area (Å²) < 4.78 is 2.54. The monoisotopic (exact) mass is 235 g/mol. The van der Waals surface area contributed by atoms with E-state index >= 15 is 0 Å². The molecule has 2 heterocycles. The van der Waals surface area contributed by atoms with Gasteiger partial charge in [0.05, 0.1) is 0 Å². The number of aromatic amines is 1. The number of nitrogens with zero attached hydrogens (tertiary/aromatic N) is 4. The maximum Gasteiger partial charge on any atom is 0.355 e. The van der Waals surface area contributed by atoms with Gasteiger partial charge in [-0.05, 0) is 20.8 Å². The average Bonchev–Trinajstić information content (AvgIpc) is 2.66. The third-order valence-electron chi connectivity index (χ3n) is 2.23. The van der Waals surface area contributed by atoms with Crippen molar-refractivity contribution in [1.29, 1.82) is 0 Å². The van der Waals surface area contributed by atoms with E-state index in [-0.39, 0.29) is 5.95 Å². The van der Waals surface area contributed by atoms with Crippen LogP contribution in [0, 0.1) is 0 Å². The van der Waals surface area contributed by atoms with Gasteiger partial charge < -0.3 is 0 Å². The molecule has 17 heavy (non-hydrogen) atoms. The van der Waals surface area contributed by atoms with E-state index in [1.54, 1.807) is 27.0 Å². The van der Waals surface area contributed by atoms with Crippen LogP contribution < -0.4 is 11.4 Å². The maximum atomic E-state index is 11.8. The molecular formula is C10H13N5O2. The summed E-state index contributed by atoms with van der Waals surface area (Å²) in [5.41, 5.74) is -1.67. The first-order valence-corrected chi connectivity index (χ1v) is 5.12. The topological polar surface area (TPSA) is 85.6 Å². The lowest BCUT2D eigenvalue weighted by Gasteiger charge is -2.19. The molecule has 0 atom stereocenters. The van der Waals surface area contributed by atoms with E-state index in [1.807, 2.05) is 0 Å². The lowest BCUT2D eigenvalue weighted by atomic mass is 10.1. The van der Waals surface area contributed by atoms with Gasteiger partial charge in [0.2, 0.25) is 5.95 Å². The van der Waals surface area contributed by atoms with Gasteiger partial charge >= 0.3 is 11.4 Å². The van der Waals surface area contributed by atoms with E-state index in [1.165, 1.54) is 17.1 Å². The Morgan fingerprint density at radius 3 is 2.47 bits per heavy atom. The molecule has 2 rings (SSSR count). The highest BCUT2D eigenvalue weighted by Gasteiger charge is 2.19. The molecule has 0 spiro atoms.